The molecule has 2 N–H and O–H groups in total. The highest BCUT2D eigenvalue weighted by molar-refractivity contribution is 7.59. The predicted molar refractivity (Wildman–Crippen MR) is 29.2 cm³/mol. The van der Waals surface area contributed by atoms with Crippen molar-refractivity contribution in [3.8, 4) is 0 Å². The molecule has 0 saturated heterocycles. The van der Waals surface area contributed by atoms with Crippen LogP contribution in [0.5, 0.6) is 0 Å². The van der Waals surface area contributed by atoms with E-state index >= 15 is 0 Å². The van der Waals surface area contributed by atoms with Gasteiger partial charge in [-0.2, -0.15) is 0 Å². The molecule has 9 heavy (non-hydrogen) atoms. The quantitative estimate of drug-likeness (QED) is 0.543. The van der Waals surface area contributed by atoms with Gasteiger partial charge in [0.1, 0.15) is 0 Å². The highest BCUT2D eigenvalue weighted by Gasteiger charge is 2.19. The summed E-state index contributed by atoms with van der Waals surface area (Å²) in [4.78, 5) is 16.8. The lowest BCUT2D eigenvalue weighted by atomic mass is 10.7. The van der Waals surface area contributed by atoms with Crippen LogP contribution in [0.1, 0.15) is 0 Å². The second-order valence-electron chi connectivity index (χ2n) is 1.43. The van der Waals surface area contributed by atoms with Crippen molar-refractivity contribution in [3.63, 3.8) is 0 Å². The van der Waals surface area contributed by atoms with Crippen LogP contribution in [-0.2, 0) is 4.57 Å². The van der Waals surface area contributed by atoms with E-state index in [0.717, 1.165) is 12.3 Å². The fraction of sp³-hybridized carbons (Fsp3) is 0. The number of hydrogen-bond donors (Lipinski definition) is 2. The first-order chi connectivity index (χ1) is 4.11. The maximum absolute atomic E-state index is 10.3. The Kier molecular flexibility index (Phi) is 1.45. The lowest BCUT2D eigenvalue weighted by molar-refractivity contribution is 0.376. The van der Waals surface area contributed by atoms with Crippen molar-refractivity contribution in [1.82, 2.24) is 0 Å². The number of furan rings is 1. The van der Waals surface area contributed by atoms with Crippen molar-refractivity contribution >= 4 is 13.1 Å². The minimum atomic E-state index is -4.17. The van der Waals surface area contributed by atoms with Gasteiger partial charge in [-0.05, 0) is 0 Å². The Labute approximate surface area is 51.3 Å². The highest BCUT2D eigenvalue weighted by atomic mass is 31.2. The average Bonchev–Trinajstić information content (AvgIpc) is 2.08. The van der Waals surface area contributed by atoms with Crippen LogP contribution in [0.3, 0.4) is 0 Å². The molecule has 0 bridgehead atoms. The first-order valence-electron chi connectivity index (χ1n) is 2.11. The smallest absolute Gasteiger partial charge is 0.391 e. The van der Waals surface area contributed by atoms with Crippen molar-refractivity contribution < 1.29 is 18.8 Å². The number of rotatable bonds is 1. The second-order valence-corrected chi connectivity index (χ2v) is 2.96. The van der Waals surface area contributed by atoms with Gasteiger partial charge >= 0.3 is 7.60 Å². The van der Waals surface area contributed by atoms with Crippen molar-refractivity contribution in [2.24, 2.45) is 0 Å². The van der Waals surface area contributed by atoms with Crippen molar-refractivity contribution in [2.75, 3.05) is 0 Å². The molecule has 1 heterocycles. The van der Waals surface area contributed by atoms with E-state index in [-0.39, 0.29) is 5.50 Å². The van der Waals surface area contributed by atoms with E-state index in [9.17, 15) is 4.57 Å². The molecule has 0 aliphatic rings. The fourth-order valence-electron chi connectivity index (χ4n) is 0.386. The molecule has 49 valence electrons. The van der Waals surface area contributed by atoms with E-state index in [1.807, 2.05) is 0 Å². The van der Waals surface area contributed by atoms with Gasteiger partial charge in [0, 0.05) is 12.1 Å². The minimum absolute atomic E-state index is 0.345. The third kappa shape index (κ3) is 1.42. The van der Waals surface area contributed by atoms with E-state index in [2.05, 4.69) is 10.5 Å². The van der Waals surface area contributed by atoms with Crippen LogP contribution in [0.25, 0.3) is 0 Å². The summed E-state index contributed by atoms with van der Waals surface area (Å²) in [6, 6.07) is 3.49. The normalized spacial score (nSPS) is 11.8. The van der Waals surface area contributed by atoms with Gasteiger partial charge in [-0.25, -0.2) is 0 Å². The molecule has 0 aliphatic heterocycles. The molecule has 1 rings (SSSR count). The third-order valence-electron chi connectivity index (χ3n) is 0.742. The van der Waals surface area contributed by atoms with Gasteiger partial charge in [0.05, 0.1) is 6.26 Å². The topological polar surface area (TPSA) is 70.7 Å². The molecule has 0 aromatic carbocycles. The summed E-state index contributed by atoms with van der Waals surface area (Å²) in [5.41, 5.74) is -0.345. The molecule has 4 nitrogen and oxygen atoms in total. The third-order valence-corrected chi connectivity index (χ3v) is 1.55. The minimum Gasteiger partial charge on any atom is -0.456 e. The van der Waals surface area contributed by atoms with Crippen LogP contribution in [0.15, 0.2) is 16.7 Å². The van der Waals surface area contributed by atoms with Crippen molar-refractivity contribution in [1.29, 1.82) is 0 Å². The van der Waals surface area contributed by atoms with Gasteiger partial charge in [0.15, 0.2) is 0 Å². The van der Waals surface area contributed by atoms with E-state index in [0.29, 0.717) is 0 Å². The molecule has 0 aliphatic carbocycles. The summed E-state index contributed by atoms with van der Waals surface area (Å²) < 4.78 is 14.7. The lowest BCUT2D eigenvalue weighted by Gasteiger charge is -1.94. The molecule has 0 fully saturated rings. The summed E-state index contributed by atoms with van der Waals surface area (Å²) in [5.74, 6) is 0. The molecule has 1 aromatic rings. The second kappa shape index (κ2) is 1.99. The van der Waals surface area contributed by atoms with Gasteiger partial charge in [-0.3, -0.25) is 4.57 Å². The van der Waals surface area contributed by atoms with E-state index in [4.69, 9.17) is 9.79 Å². The van der Waals surface area contributed by atoms with Crippen LogP contribution in [0, 0.1) is 6.07 Å². The van der Waals surface area contributed by atoms with E-state index < -0.39 is 7.60 Å². The Morgan fingerprint density at radius 1 is 1.67 bits per heavy atom. The van der Waals surface area contributed by atoms with Crippen LogP contribution in [0.2, 0.25) is 0 Å². The largest absolute Gasteiger partial charge is 0.456 e. The van der Waals surface area contributed by atoms with Gasteiger partial charge in [0.25, 0.3) is 0 Å². The summed E-state index contributed by atoms with van der Waals surface area (Å²) in [6.07, 6.45) is 1.09. The summed E-state index contributed by atoms with van der Waals surface area (Å²) >= 11 is 0. The summed E-state index contributed by atoms with van der Waals surface area (Å²) in [5, 5.41) is 0. The van der Waals surface area contributed by atoms with Gasteiger partial charge in [0.2, 0.25) is 5.50 Å². The highest BCUT2D eigenvalue weighted by Crippen LogP contribution is 2.32. The Morgan fingerprint density at radius 2 is 2.33 bits per heavy atom. The zero-order chi connectivity index (χ0) is 6.91. The predicted octanol–water partition coefficient (Wildman–Crippen LogP) is -0.117. The molecule has 1 aromatic heterocycles. The van der Waals surface area contributed by atoms with Crippen molar-refractivity contribution in [2.45, 2.75) is 0 Å². The zero-order valence-electron chi connectivity index (χ0n) is 4.31. The maximum Gasteiger partial charge on any atom is 0.391 e. The SMILES string of the molecule is O=P(O)(O)c1c[c]co1. The molecular formula is C4H4O4P. The molecular weight excluding hydrogens is 143 g/mol. The Balaban J connectivity index is 3.04. The van der Waals surface area contributed by atoms with E-state index in [1.165, 1.54) is 0 Å². The van der Waals surface area contributed by atoms with Crippen LogP contribution >= 0.6 is 7.60 Å². The summed E-state index contributed by atoms with van der Waals surface area (Å²) in [6.45, 7) is 0. The molecule has 0 amide bonds. The van der Waals surface area contributed by atoms with Crippen LogP contribution < -0.4 is 5.50 Å². The fourth-order valence-corrected chi connectivity index (χ4v) is 0.819. The van der Waals surface area contributed by atoms with Gasteiger partial charge < -0.3 is 14.2 Å². The van der Waals surface area contributed by atoms with Crippen molar-refractivity contribution in [3.05, 3.63) is 18.4 Å². The number of hydrogen-bond acceptors (Lipinski definition) is 2. The first-order valence-corrected chi connectivity index (χ1v) is 3.72. The summed E-state index contributed by atoms with van der Waals surface area (Å²) in [7, 11) is -4.17. The first kappa shape index (κ1) is 6.55. The molecule has 0 saturated carbocycles. The van der Waals surface area contributed by atoms with Gasteiger partial charge in [-0.15, -0.1) is 0 Å². The Hall–Kier alpha value is -0.570. The Morgan fingerprint density at radius 3 is 2.56 bits per heavy atom. The molecule has 0 atom stereocenters. The van der Waals surface area contributed by atoms with Crippen LogP contribution in [-0.4, -0.2) is 9.79 Å². The molecule has 1 radical (unpaired) electrons. The lowest BCUT2D eigenvalue weighted by Crippen LogP contribution is -1.97. The Bertz CT molecular complexity index is 221. The maximum atomic E-state index is 10.3. The standard InChI is InChI=1S/C4H4O4P/c5-9(6,7)4-2-1-3-8-4/h2-3H,(H2,5,6,7). The average molecular weight is 147 g/mol. The molecule has 5 heteroatoms. The van der Waals surface area contributed by atoms with Gasteiger partial charge in [-0.1, -0.05) is 0 Å². The van der Waals surface area contributed by atoms with E-state index in [1.54, 1.807) is 0 Å². The van der Waals surface area contributed by atoms with Crippen LogP contribution in [0.4, 0.5) is 0 Å². The molecule has 0 unspecified atom stereocenters. The molecule has 0 spiro atoms. The zero-order valence-corrected chi connectivity index (χ0v) is 5.21. The monoisotopic (exact) mass is 147 g/mol.